The molecule has 0 amide bonds. The second-order valence-electron chi connectivity index (χ2n) is 3.23. The molecule has 0 fully saturated rings. The maximum atomic E-state index is 12.5. The van der Waals surface area contributed by atoms with Crippen LogP contribution in [0.2, 0.25) is 0 Å². The van der Waals surface area contributed by atoms with Crippen molar-refractivity contribution in [1.29, 1.82) is 0 Å². The molecule has 7 heteroatoms. The Balaban J connectivity index is 2.08. The van der Waals surface area contributed by atoms with Crippen LogP contribution in [0, 0.1) is 0 Å². The molecule has 0 aliphatic carbocycles. The first-order valence-corrected chi connectivity index (χ1v) is 5.79. The second kappa shape index (κ2) is 5.13. The molecule has 0 atom stereocenters. The van der Waals surface area contributed by atoms with Crippen LogP contribution in [0.15, 0.2) is 35.7 Å². The Morgan fingerprint density at radius 1 is 1.41 bits per heavy atom. The smallest absolute Gasteiger partial charge is 0.319 e. The molecule has 0 aromatic carbocycles. The zero-order chi connectivity index (χ0) is 12.3. The van der Waals surface area contributed by atoms with E-state index in [1.54, 1.807) is 12.3 Å². The van der Waals surface area contributed by atoms with Crippen molar-refractivity contribution >= 4 is 17.4 Å². The van der Waals surface area contributed by atoms with Gasteiger partial charge in [-0.3, -0.25) is 9.55 Å². The van der Waals surface area contributed by atoms with Crippen LogP contribution >= 0.6 is 11.8 Å². The number of nitrogens with zero attached hydrogens (tertiary/aromatic N) is 3. The van der Waals surface area contributed by atoms with E-state index in [0.29, 0.717) is 17.3 Å². The Bertz CT molecular complexity index is 501. The highest BCUT2D eigenvalue weighted by molar-refractivity contribution is 7.98. The summed E-state index contributed by atoms with van der Waals surface area (Å²) in [4.78, 5) is 8.55. The van der Waals surface area contributed by atoms with Crippen molar-refractivity contribution in [3.63, 3.8) is 0 Å². The zero-order valence-electron chi connectivity index (χ0n) is 8.75. The molecule has 0 radical (unpaired) electrons. The Hall–Kier alpha value is -1.63. The summed E-state index contributed by atoms with van der Waals surface area (Å²) in [6.07, 6.45) is 5.76. The molecular weight excluding hydrogens is 246 g/mol. The van der Waals surface area contributed by atoms with Crippen LogP contribution in [-0.2, 0) is 5.75 Å². The van der Waals surface area contributed by atoms with Gasteiger partial charge in [0.25, 0.3) is 0 Å². The van der Waals surface area contributed by atoms with Gasteiger partial charge < -0.3 is 5.73 Å². The molecule has 90 valence electrons. The first-order chi connectivity index (χ1) is 8.18. The van der Waals surface area contributed by atoms with Crippen molar-refractivity contribution in [2.75, 3.05) is 5.73 Å². The monoisotopic (exact) mass is 256 g/mol. The number of alkyl halides is 2. The van der Waals surface area contributed by atoms with Crippen LogP contribution in [0.3, 0.4) is 0 Å². The van der Waals surface area contributed by atoms with Gasteiger partial charge in [-0.2, -0.15) is 8.78 Å². The lowest BCUT2D eigenvalue weighted by molar-refractivity contribution is 0.0678. The molecule has 0 spiro atoms. The first kappa shape index (κ1) is 11.8. The fourth-order valence-corrected chi connectivity index (χ4v) is 2.19. The van der Waals surface area contributed by atoms with Crippen LogP contribution in [-0.4, -0.2) is 14.5 Å². The minimum atomic E-state index is -2.57. The fraction of sp³-hybridized carbons (Fsp3) is 0.200. The highest BCUT2D eigenvalue weighted by Gasteiger charge is 2.11. The normalized spacial score (nSPS) is 11.0. The molecule has 0 unspecified atom stereocenters. The Morgan fingerprint density at radius 3 is 2.94 bits per heavy atom. The van der Waals surface area contributed by atoms with Gasteiger partial charge >= 0.3 is 6.55 Å². The number of hydrogen-bond donors (Lipinski definition) is 1. The van der Waals surface area contributed by atoms with Crippen molar-refractivity contribution < 1.29 is 8.78 Å². The maximum absolute atomic E-state index is 12.5. The van der Waals surface area contributed by atoms with Crippen molar-refractivity contribution in [2.24, 2.45) is 0 Å². The lowest BCUT2D eigenvalue weighted by atomic mass is 10.4. The zero-order valence-corrected chi connectivity index (χ0v) is 9.57. The molecule has 2 aromatic rings. The van der Waals surface area contributed by atoms with E-state index in [1.165, 1.54) is 30.4 Å². The lowest BCUT2D eigenvalue weighted by Crippen LogP contribution is -2.02. The van der Waals surface area contributed by atoms with E-state index in [9.17, 15) is 8.78 Å². The van der Waals surface area contributed by atoms with Gasteiger partial charge in [-0.1, -0.05) is 0 Å². The van der Waals surface area contributed by atoms with Gasteiger partial charge in [-0.05, 0) is 6.07 Å². The Morgan fingerprint density at radius 2 is 2.24 bits per heavy atom. The van der Waals surface area contributed by atoms with Crippen LogP contribution < -0.4 is 5.73 Å². The van der Waals surface area contributed by atoms with Crippen LogP contribution in [0.25, 0.3) is 0 Å². The SMILES string of the molecule is Nc1cnccc1SCc1nccn1C(F)F. The topological polar surface area (TPSA) is 56.7 Å². The molecule has 2 rings (SSSR count). The highest BCUT2D eigenvalue weighted by atomic mass is 32.2. The number of thioether (sulfide) groups is 1. The molecule has 0 bridgehead atoms. The van der Waals surface area contributed by atoms with Crippen molar-refractivity contribution in [1.82, 2.24) is 14.5 Å². The molecule has 4 nitrogen and oxygen atoms in total. The number of anilines is 1. The number of nitrogen functional groups attached to an aromatic ring is 1. The third-order valence-electron chi connectivity index (χ3n) is 2.13. The highest BCUT2D eigenvalue weighted by Crippen LogP contribution is 2.27. The predicted molar refractivity (Wildman–Crippen MR) is 61.7 cm³/mol. The molecule has 0 aliphatic rings. The van der Waals surface area contributed by atoms with Crippen LogP contribution in [0.5, 0.6) is 0 Å². The van der Waals surface area contributed by atoms with Gasteiger partial charge in [0.05, 0.1) is 17.6 Å². The molecule has 0 saturated heterocycles. The summed E-state index contributed by atoms with van der Waals surface area (Å²) in [6.45, 7) is -2.57. The number of nitrogens with two attached hydrogens (primary N) is 1. The Labute approximate surface area is 101 Å². The summed E-state index contributed by atoms with van der Waals surface area (Å²) in [5.74, 6) is 0.659. The van der Waals surface area contributed by atoms with Crippen molar-refractivity contribution in [3.8, 4) is 0 Å². The van der Waals surface area contributed by atoms with Gasteiger partial charge in [-0.15, -0.1) is 11.8 Å². The minimum absolute atomic E-state index is 0.321. The second-order valence-corrected chi connectivity index (χ2v) is 4.25. The molecular formula is C10H10F2N4S. The lowest BCUT2D eigenvalue weighted by Gasteiger charge is -2.07. The molecule has 17 heavy (non-hydrogen) atoms. The molecule has 2 aromatic heterocycles. The molecule has 0 saturated carbocycles. The van der Waals surface area contributed by atoms with Crippen molar-refractivity contribution in [2.45, 2.75) is 17.2 Å². The van der Waals surface area contributed by atoms with E-state index >= 15 is 0 Å². The average Bonchev–Trinajstić information content (AvgIpc) is 2.76. The van der Waals surface area contributed by atoms with Crippen molar-refractivity contribution in [3.05, 3.63) is 36.7 Å². The largest absolute Gasteiger partial charge is 0.397 e. The fourth-order valence-electron chi connectivity index (χ4n) is 1.30. The summed E-state index contributed by atoms with van der Waals surface area (Å²) in [7, 11) is 0. The standard InChI is InChI=1S/C10H10F2N4S/c11-10(12)16-4-3-15-9(16)6-17-8-1-2-14-5-7(8)13/h1-5,10H,6,13H2. The number of aromatic nitrogens is 3. The van der Waals surface area contributed by atoms with Gasteiger partial charge in [0.15, 0.2) is 0 Å². The summed E-state index contributed by atoms with van der Waals surface area (Å²) < 4.78 is 25.9. The van der Waals surface area contributed by atoms with E-state index in [-0.39, 0.29) is 0 Å². The number of hydrogen-bond acceptors (Lipinski definition) is 4. The number of pyridine rings is 1. The van der Waals surface area contributed by atoms with E-state index < -0.39 is 6.55 Å². The number of rotatable bonds is 4. The first-order valence-electron chi connectivity index (χ1n) is 4.80. The van der Waals surface area contributed by atoms with Gasteiger partial charge in [0.2, 0.25) is 0 Å². The third kappa shape index (κ3) is 2.73. The summed E-state index contributed by atoms with van der Waals surface area (Å²) in [6, 6.07) is 1.75. The van der Waals surface area contributed by atoms with Gasteiger partial charge in [0.1, 0.15) is 5.82 Å². The number of halogens is 2. The summed E-state index contributed by atoms with van der Waals surface area (Å²) in [5, 5.41) is 0. The quantitative estimate of drug-likeness (QED) is 0.854. The van der Waals surface area contributed by atoms with E-state index in [1.807, 2.05) is 0 Å². The minimum Gasteiger partial charge on any atom is -0.397 e. The van der Waals surface area contributed by atoms with Gasteiger partial charge in [0, 0.05) is 23.5 Å². The molecule has 2 heterocycles. The Kier molecular flexibility index (Phi) is 3.58. The van der Waals surface area contributed by atoms with Crippen LogP contribution in [0.1, 0.15) is 12.4 Å². The van der Waals surface area contributed by atoms with Crippen LogP contribution in [0.4, 0.5) is 14.5 Å². The average molecular weight is 256 g/mol. The summed E-state index contributed by atoms with van der Waals surface area (Å²) >= 11 is 1.35. The predicted octanol–water partition coefficient (Wildman–Crippen LogP) is 2.55. The summed E-state index contributed by atoms with van der Waals surface area (Å²) in [5.41, 5.74) is 6.23. The number of imidazole rings is 1. The van der Waals surface area contributed by atoms with E-state index in [0.717, 1.165) is 9.46 Å². The van der Waals surface area contributed by atoms with E-state index in [4.69, 9.17) is 5.73 Å². The maximum Gasteiger partial charge on any atom is 0.319 e. The van der Waals surface area contributed by atoms with Gasteiger partial charge in [-0.25, -0.2) is 4.98 Å². The third-order valence-corrected chi connectivity index (χ3v) is 3.21. The molecule has 0 aliphatic heterocycles. The molecule has 2 N–H and O–H groups in total. The van der Waals surface area contributed by atoms with E-state index in [2.05, 4.69) is 9.97 Å².